The first kappa shape index (κ1) is 27.0. The second-order valence-corrected chi connectivity index (χ2v) is 9.72. The fourth-order valence-corrected chi connectivity index (χ4v) is 4.88. The average Bonchev–Trinajstić information content (AvgIpc) is 2.90. The lowest BCUT2D eigenvalue weighted by atomic mass is 10.1. The van der Waals surface area contributed by atoms with E-state index in [9.17, 15) is 4.79 Å². The summed E-state index contributed by atoms with van der Waals surface area (Å²) < 4.78 is 10.5. The normalized spacial score (nSPS) is 13.7. The van der Waals surface area contributed by atoms with E-state index >= 15 is 0 Å². The third-order valence-electron chi connectivity index (χ3n) is 6.15. The van der Waals surface area contributed by atoms with Crippen LogP contribution in [-0.4, -0.2) is 56.3 Å². The van der Waals surface area contributed by atoms with Gasteiger partial charge in [0.05, 0.1) is 30.5 Å². The molecule has 37 heavy (non-hydrogen) atoms. The number of halogens is 2. The third-order valence-corrected chi connectivity index (χ3v) is 7.03. The molecule has 1 aliphatic heterocycles. The summed E-state index contributed by atoms with van der Waals surface area (Å²) in [6.45, 7) is 4.36. The lowest BCUT2D eigenvalue weighted by Crippen LogP contribution is -2.46. The van der Waals surface area contributed by atoms with Gasteiger partial charge in [0.15, 0.2) is 5.11 Å². The van der Waals surface area contributed by atoms with Gasteiger partial charge >= 0.3 is 0 Å². The first-order valence-corrected chi connectivity index (χ1v) is 12.9. The fraction of sp³-hybridized carbons (Fsp3) is 0.259. The van der Waals surface area contributed by atoms with Gasteiger partial charge in [-0.1, -0.05) is 41.4 Å². The molecule has 0 unspecified atom stereocenters. The molecule has 0 aliphatic carbocycles. The molecule has 1 saturated heterocycles. The molecule has 1 aliphatic rings. The molecular weight excluding hydrogens is 531 g/mol. The highest BCUT2D eigenvalue weighted by molar-refractivity contribution is 7.80. The minimum absolute atomic E-state index is 0.153. The Morgan fingerprint density at radius 1 is 0.946 bits per heavy atom. The number of nitrogens with zero attached hydrogens (tertiary/aromatic N) is 2. The Hall–Kier alpha value is -3.04. The van der Waals surface area contributed by atoms with Gasteiger partial charge in [-0.2, -0.15) is 0 Å². The Morgan fingerprint density at radius 3 is 2.38 bits per heavy atom. The molecular formula is C27H28Cl2N4O3S. The van der Waals surface area contributed by atoms with Crippen molar-refractivity contribution < 1.29 is 14.3 Å². The van der Waals surface area contributed by atoms with E-state index in [-0.39, 0.29) is 5.11 Å². The van der Waals surface area contributed by atoms with Crippen LogP contribution in [0.3, 0.4) is 0 Å². The molecule has 194 valence electrons. The van der Waals surface area contributed by atoms with Gasteiger partial charge in [0.1, 0.15) is 11.5 Å². The molecule has 1 amide bonds. The van der Waals surface area contributed by atoms with Crippen molar-refractivity contribution in [3.8, 4) is 11.5 Å². The van der Waals surface area contributed by atoms with Crippen molar-refractivity contribution in [2.45, 2.75) is 6.54 Å². The van der Waals surface area contributed by atoms with Crippen LogP contribution in [0.25, 0.3) is 0 Å². The van der Waals surface area contributed by atoms with Crippen LogP contribution in [-0.2, 0) is 6.54 Å². The topological polar surface area (TPSA) is 66.1 Å². The smallest absolute Gasteiger partial charge is 0.261 e. The van der Waals surface area contributed by atoms with Crippen LogP contribution in [0.2, 0.25) is 10.0 Å². The number of benzene rings is 3. The van der Waals surface area contributed by atoms with Crippen LogP contribution < -0.4 is 25.0 Å². The average molecular weight is 560 g/mol. The monoisotopic (exact) mass is 558 g/mol. The summed E-state index contributed by atoms with van der Waals surface area (Å²) >= 11 is 18.3. The molecule has 0 aromatic heterocycles. The molecule has 0 atom stereocenters. The molecule has 0 saturated carbocycles. The second kappa shape index (κ2) is 12.5. The van der Waals surface area contributed by atoms with Crippen molar-refractivity contribution >= 4 is 57.8 Å². The van der Waals surface area contributed by atoms with Crippen molar-refractivity contribution in [2.75, 3.05) is 50.6 Å². The quantitative estimate of drug-likeness (QED) is 0.373. The number of carbonyl (C=O) groups excluding carboxylic acids is 1. The number of carbonyl (C=O) groups is 1. The molecule has 1 heterocycles. The minimum Gasteiger partial charge on any atom is -0.497 e. The van der Waals surface area contributed by atoms with Gasteiger partial charge in [0.25, 0.3) is 5.91 Å². The fourth-order valence-electron chi connectivity index (χ4n) is 4.17. The number of piperazine rings is 1. The van der Waals surface area contributed by atoms with Gasteiger partial charge in [0, 0.05) is 49.5 Å². The number of thiocarbonyl (C=S) groups is 1. The maximum atomic E-state index is 12.7. The van der Waals surface area contributed by atoms with Crippen molar-refractivity contribution in [3.63, 3.8) is 0 Å². The number of rotatable bonds is 7. The van der Waals surface area contributed by atoms with Crippen molar-refractivity contribution in [1.82, 2.24) is 10.2 Å². The van der Waals surface area contributed by atoms with E-state index < -0.39 is 5.91 Å². The van der Waals surface area contributed by atoms with Crippen molar-refractivity contribution in [1.29, 1.82) is 0 Å². The third kappa shape index (κ3) is 6.84. The van der Waals surface area contributed by atoms with Gasteiger partial charge in [0.2, 0.25) is 0 Å². The largest absolute Gasteiger partial charge is 0.497 e. The summed E-state index contributed by atoms with van der Waals surface area (Å²) in [5.41, 5.74) is 3.12. The Bertz CT molecular complexity index is 1280. The first-order valence-electron chi connectivity index (χ1n) is 11.7. The van der Waals surface area contributed by atoms with E-state index in [1.807, 2.05) is 30.3 Å². The number of nitrogens with one attached hydrogen (secondary N) is 2. The summed E-state index contributed by atoms with van der Waals surface area (Å²) in [7, 11) is 3.04. The molecule has 10 heteroatoms. The Morgan fingerprint density at radius 2 is 1.70 bits per heavy atom. The highest BCUT2D eigenvalue weighted by Gasteiger charge is 2.20. The van der Waals surface area contributed by atoms with Crippen molar-refractivity contribution in [3.05, 3.63) is 81.8 Å². The molecule has 4 rings (SSSR count). The number of hydrogen-bond donors (Lipinski definition) is 2. The molecule has 3 aromatic carbocycles. The molecule has 3 aromatic rings. The standard InChI is InChI=1S/C27H28Cl2N4O3S/c1-35-20-8-9-21(25(16-20)36-2)26(34)31-27(37)30-19-7-10-24(23(29)15-19)33-13-11-32(12-14-33)17-18-5-3-4-6-22(18)28/h3-10,15-16H,11-14,17H2,1-2H3,(H2,30,31,34,37). The number of methoxy groups -OCH3 is 2. The van der Waals surface area contributed by atoms with E-state index in [2.05, 4.69) is 26.5 Å². The van der Waals surface area contributed by atoms with E-state index in [4.69, 9.17) is 44.9 Å². The minimum atomic E-state index is -0.394. The summed E-state index contributed by atoms with van der Waals surface area (Å²) in [6, 6.07) is 18.6. The predicted octanol–water partition coefficient (Wildman–Crippen LogP) is 5.46. The van der Waals surface area contributed by atoms with Crippen LogP contribution in [0.1, 0.15) is 15.9 Å². The summed E-state index contributed by atoms with van der Waals surface area (Å²) in [5.74, 6) is 0.583. The molecule has 0 spiro atoms. The number of anilines is 2. The van der Waals surface area contributed by atoms with Gasteiger partial charge in [-0.3, -0.25) is 15.0 Å². The maximum Gasteiger partial charge on any atom is 0.261 e. The van der Waals surface area contributed by atoms with Gasteiger partial charge in [-0.05, 0) is 54.2 Å². The van der Waals surface area contributed by atoms with E-state index in [1.165, 1.54) is 7.11 Å². The van der Waals surface area contributed by atoms with Crippen molar-refractivity contribution in [2.24, 2.45) is 0 Å². The number of ether oxygens (including phenoxy) is 2. The zero-order chi connectivity index (χ0) is 26.4. The van der Waals surface area contributed by atoms with Crippen LogP contribution >= 0.6 is 35.4 Å². The van der Waals surface area contributed by atoms with Crippen LogP contribution in [0.5, 0.6) is 11.5 Å². The van der Waals surface area contributed by atoms with E-state index in [1.54, 1.807) is 31.4 Å². The molecule has 1 fully saturated rings. The summed E-state index contributed by atoms with van der Waals surface area (Å²) in [5, 5.41) is 7.26. The molecule has 2 N–H and O–H groups in total. The van der Waals surface area contributed by atoms with Crippen LogP contribution in [0.4, 0.5) is 11.4 Å². The van der Waals surface area contributed by atoms with E-state index in [0.29, 0.717) is 27.8 Å². The van der Waals surface area contributed by atoms with Crippen LogP contribution in [0, 0.1) is 0 Å². The highest BCUT2D eigenvalue weighted by Crippen LogP contribution is 2.30. The zero-order valence-electron chi connectivity index (χ0n) is 20.6. The van der Waals surface area contributed by atoms with Gasteiger partial charge < -0.3 is 19.7 Å². The van der Waals surface area contributed by atoms with Crippen LogP contribution in [0.15, 0.2) is 60.7 Å². The molecule has 0 radical (unpaired) electrons. The Kier molecular flexibility index (Phi) is 9.10. The first-order chi connectivity index (χ1) is 17.9. The van der Waals surface area contributed by atoms with Gasteiger partial charge in [-0.15, -0.1) is 0 Å². The summed E-state index contributed by atoms with van der Waals surface area (Å²) in [4.78, 5) is 17.4. The van der Waals surface area contributed by atoms with E-state index in [0.717, 1.165) is 49.0 Å². The SMILES string of the molecule is COc1ccc(C(=O)NC(=S)Nc2ccc(N3CCN(Cc4ccccc4Cl)CC3)c(Cl)c2)c(OC)c1. The molecule has 0 bridgehead atoms. The summed E-state index contributed by atoms with van der Waals surface area (Å²) in [6.07, 6.45) is 0. The zero-order valence-corrected chi connectivity index (χ0v) is 22.9. The number of amides is 1. The second-order valence-electron chi connectivity index (χ2n) is 8.50. The highest BCUT2D eigenvalue weighted by atomic mass is 35.5. The lowest BCUT2D eigenvalue weighted by Gasteiger charge is -2.36. The maximum absolute atomic E-state index is 12.7. The Labute approximate surface area is 232 Å². The number of hydrogen-bond acceptors (Lipinski definition) is 6. The molecule has 7 nitrogen and oxygen atoms in total. The predicted molar refractivity (Wildman–Crippen MR) is 154 cm³/mol. The van der Waals surface area contributed by atoms with Gasteiger partial charge in [-0.25, -0.2) is 0 Å². The Balaban J connectivity index is 1.32. The lowest BCUT2D eigenvalue weighted by molar-refractivity contribution is 0.0974.